The third-order valence-corrected chi connectivity index (χ3v) is 5.37. The zero-order valence-electron chi connectivity index (χ0n) is 14.1. The summed E-state index contributed by atoms with van der Waals surface area (Å²) >= 11 is 9.27. The molecule has 0 radical (unpaired) electrons. The minimum Gasteiger partial charge on any atom is -0.293 e. The van der Waals surface area contributed by atoms with E-state index in [4.69, 9.17) is 11.6 Å². The first-order valence-electron chi connectivity index (χ1n) is 8.16. The van der Waals surface area contributed by atoms with Gasteiger partial charge in [0, 0.05) is 16.4 Å². The van der Waals surface area contributed by atoms with Crippen molar-refractivity contribution in [1.29, 1.82) is 0 Å². The normalized spacial score (nSPS) is 21.5. The number of anilines is 2. The number of halogens is 2. The zero-order chi connectivity index (χ0) is 19.3. The summed E-state index contributed by atoms with van der Waals surface area (Å²) in [4.78, 5) is 39.4. The van der Waals surface area contributed by atoms with Gasteiger partial charge in [-0.2, -0.15) is 5.10 Å². The number of ketones is 1. The molecule has 0 aromatic heterocycles. The fourth-order valence-corrected chi connectivity index (χ4v) is 3.75. The van der Waals surface area contributed by atoms with Crippen LogP contribution in [-0.2, 0) is 14.4 Å². The molecule has 2 heterocycles. The Bertz CT molecular complexity index is 988. The number of imide groups is 1. The van der Waals surface area contributed by atoms with Gasteiger partial charge in [0.1, 0.15) is 17.7 Å². The first kappa shape index (κ1) is 17.9. The summed E-state index contributed by atoms with van der Waals surface area (Å²) < 4.78 is 0.870. The molecule has 8 heteroatoms. The maximum absolute atomic E-state index is 13.1. The summed E-state index contributed by atoms with van der Waals surface area (Å²) in [5.74, 6) is -2.13. The van der Waals surface area contributed by atoms with E-state index in [-0.39, 0.29) is 11.5 Å². The quantitative estimate of drug-likeness (QED) is 0.678. The minimum atomic E-state index is -0.922. The Hall–Kier alpha value is -2.51. The lowest BCUT2D eigenvalue weighted by Crippen LogP contribution is -2.39. The van der Waals surface area contributed by atoms with Crippen LogP contribution in [0.1, 0.15) is 6.92 Å². The van der Waals surface area contributed by atoms with Gasteiger partial charge in [-0.05, 0) is 48.5 Å². The summed E-state index contributed by atoms with van der Waals surface area (Å²) in [6.07, 6.45) is 0. The number of benzene rings is 2. The van der Waals surface area contributed by atoms with Crippen LogP contribution in [0.25, 0.3) is 0 Å². The molecule has 136 valence electrons. The largest absolute Gasteiger partial charge is 0.293 e. The van der Waals surface area contributed by atoms with Crippen molar-refractivity contribution in [2.75, 3.05) is 9.91 Å². The Labute approximate surface area is 168 Å². The van der Waals surface area contributed by atoms with E-state index in [0.717, 1.165) is 9.37 Å². The van der Waals surface area contributed by atoms with Gasteiger partial charge in [0.05, 0.1) is 11.4 Å². The molecule has 6 nitrogen and oxygen atoms in total. The van der Waals surface area contributed by atoms with Gasteiger partial charge in [-0.3, -0.25) is 19.4 Å². The van der Waals surface area contributed by atoms with Gasteiger partial charge in [-0.25, -0.2) is 4.90 Å². The monoisotopic (exact) mass is 445 g/mol. The molecular weight excluding hydrogens is 434 g/mol. The second-order valence-electron chi connectivity index (χ2n) is 6.27. The fourth-order valence-electron chi connectivity index (χ4n) is 3.36. The van der Waals surface area contributed by atoms with Crippen LogP contribution >= 0.6 is 27.5 Å². The van der Waals surface area contributed by atoms with Gasteiger partial charge in [0.25, 0.3) is 5.91 Å². The molecule has 2 aromatic rings. The van der Waals surface area contributed by atoms with E-state index in [9.17, 15) is 14.4 Å². The van der Waals surface area contributed by atoms with Crippen LogP contribution in [0, 0.1) is 5.92 Å². The summed E-state index contributed by atoms with van der Waals surface area (Å²) in [6.45, 7) is 1.35. The summed E-state index contributed by atoms with van der Waals surface area (Å²) in [6, 6.07) is 12.7. The highest BCUT2D eigenvalue weighted by molar-refractivity contribution is 9.10. The highest BCUT2D eigenvalue weighted by Crippen LogP contribution is 2.38. The molecule has 2 aliphatic rings. The van der Waals surface area contributed by atoms with Crippen LogP contribution in [0.3, 0.4) is 0 Å². The molecule has 0 spiro atoms. The number of amides is 2. The zero-order valence-corrected chi connectivity index (χ0v) is 16.4. The number of hydrazone groups is 1. The van der Waals surface area contributed by atoms with Crippen molar-refractivity contribution in [3.8, 4) is 0 Å². The maximum atomic E-state index is 13.1. The van der Waals surface area contributed by atoms with Crippen LogP contribution in [-0.4, -0.2) is 29.4 Å². The lowest BCUT2D eigenvalue weighted by atomic mass is 9.95. The Balaban J connectivity index is 1.79. The fraction of sp³-hybridized carbons (Fsp3) is 0.158. The van der Waals surface area contributed by atoms with Crippen molar-refractivity contribution >= 4 is 62.2 Å². The smallest absolute Gasteiger partial charge is 0.259 e. The summed E-state index contributed by atoms with van der Waals surface area (Å²) in [5, 5.41) is 6.27. The Morgan fingerprint density at radius 3 is 2.19 bits per heavy atom. The molecule has 4 rings (SSSR count). The number of carbonyl (C=O) groups is 3. The molecule has 1 fully saturated rings. The van der Waals surface area contributed by atoms with Crippen molar-refractivity contribution in [2.24, 2.45) is 11.0 Å². The van der Waals surface area contributed by atoms with Crippen LogP contribution in [0.2, 0.25) is 5.02 Å². The molecule has 0 unspecified atom stereocenters. The first-order valence-corrected chi connectivity index (χ1v) is 9.33. The second-order valence-corrected chi connectivity index (χ2v) is 7.63. The van der Waals surface area contributed by atoms with Gasteiger partial charge in [-0.1, -0.05) is 27.5 Å². The van der Waals surface area contributed by atoms with Gasteiger partial charge < -0.3 is 0 Å². The van der Waals surface area contributed by atoms with Crippen LogP contribution in [0.15, 0.2) is 58.1 Å². The molecule has 0 bridgehead atoms. The predicted molar refractivity (Wildman–Crippen MR) is 106 cm³/mol. The van der Waals surface area contributed by atoms with E-state index in [1.807, 2.05) is 12.1 Å². The van der Waals surface area contributed by atoms with E-state index in [0.29, 0.717) is 16.4 Å². The summed E-state index contributed by atoms with van der Waals surface area (Å²) in [5.41, 5.74) is 1.14. The lowest BCUT2D eigenvalue weighted by Gasteiger charge is -2.22. The summed E-state index contributed by atoms with van der Waals surface area (Å²) in [7, 11) is 0. The average Bonchev–Trinajstić information content (AvgIpc) is 3.15. The van der Waals surface area contributed by atoms with Gasteiger partial charge in [0.15, 0.2) is 5.78 Å². The van der Waals surface area contributed by atoms with E-state index in [1.165, 1.54) is 11.9 Å². The van der Waals surface area contributed by atoms with Crippen LogP contribution in [0.4, 0.5) is 11.4 Å². The highest BCUT2D eigenvalue weighted by Gasteiger charge is 2.58. The molecule has 0 aliphatic carbocycles. The number of nitrogens with zero attached hydrogens (tertiary/aromatic N) is 3. The lowest BCUT2D eigenvalue weighted by molar-refractivity contribution is -0.122. The van der Waals surface area contributed by atoms with E-state index < -0.39 is 23.8 Å². The molecule has 1 saturated heterocycles. The third-order valence-electron chi connectivity index (χ3n) is 4.59. The number of carbonyl (C=O) groups excluding carboxylic acids is 3. The average molecular weight is 447 g/mol. The molecule has 0 N–H and O–H groups in total. The van der Waals surface area contributed by atoms with Crippen molar-refractivity contribution in [2.45, 2.75) is 13.0 Å². The van der Waals surface area contributed by atoms with Crippen molar-refractivity contribution in [3.05, 3.63) is 58.0 Å². The molecule has 0 saturated carbocycles. The molecule has 2 aromatic carbocycles. The number of Topliss-reactive ketones (excluding diaryl/α,β-unsaturated/α-hetero) is 1. The van der Waals surface area contributed by atoms with Crippen molar-refractivity contribution in [1.82, 2.24) is 0 Å². The van der Waals surface area contributed by atoms with Gasteiger partial charge in [0.2, 0.25) is 5.91 Å². The molecule has 2 amide bonds. The SMILES string of the molecule is CC(=O)C1=NN(c2ccc(Br)cc2)[C@H]2C(=O)N(c3ccc(Cl)cc3)C(=O)[C@@H]12. The predicted octanol–water partition coefficient (Wildman–Crippen LogP) is 3.43. The number of rotatable bonds is 3. The van der Waals surface area contributed by atoms with Crippen molar-refractivity contribution < 1.29 is 14.4 Å². The number of hydrogen-bond acceptors (Lipinski definition) is 5. The topological polar surface area (TPSA) is 70.1 Å². The van der Waals surface area contributed by atoms with Crippen LogP contribution in [0.5, 0.6) is 0 Å². The first-order chi connectivity index (χ1) is 12.9. The maximum Gasteiger partial charge on any atom is 0.259 e. The molecule has 2 aliphatic heterocycles. The molecule has 27 heavy (non-hydrogen) atoms. The second kappa shape index (κ2) is 6.58. The number of fused-ring (bicyclic) bond motifs is 1. The van der Waals surface area contributed by atoms with E-state index >= 15 is 0 Å². The van der Waals surface area contributed by atoms with E-state index in [2.05, 4.69) is 21.0 Å². The third kappa shape index (κ3) is 2.87. The minimum absolute atomic E-state index is 0.0951. The molecular formula is C19H13BrClN3O3. The van der Waals surface area contributed by atoms with Crippen LogP contribution < -0.4 is 9.91 Å². The Morgan fingerprint density at radius 2 is 1.59 bits per heavy atom. The standard InChI is InChI=1S/C19H13BrClN3O3/c1-10(25)16-15-17(24(22-16)14-6-2-11(20)3-7-14)19(27)23(18(15)26)13-8-4-12(21)5-9-13/h2-9,15,17H,1H3/t15-,17+/m0/s1. The van der Waals surface area contributed by atoms with Gasteiger partial charge >= 0.3 is 0 Å². The van der Waals surface area contributed by atoms with Crippen molar-refractivity contribution in [3.63, 3.8) is 0 Å². The van der Waals surface area contributed by atoms with E-state index in [1.54, 1.807) is 36.4 Å². The highest BCUT2D eigenvalue weighted by atomic mass is 79.9. The Morgan fingerprint density at radius 1 is 1.00 bits per heavy atom. The molecule has 2 atom stereocenters. The number of hydrogen-bond donors (Lipinski definition) is 0. The van der Waals surface area contributed by atoms with Gasteiger partial charge in [-0.15, -0.1) is 0 Å². The Kier molecular flexibility index (Phi) is 4.36.